The van der Waals surface area contributed by atoms with Gasteiger partial charge in [-0.05, 0) is 116 Å². The molecule has 4 aromatic heterocycles. The molecule has 752 valence electrons. The van der Waals surface area contributed by atoms with Crippen molar-refractivity contribution in [3.63, 3.8) is 0 Å². The summed E-state index contributed by atoms with van der Waals surface area (Å²) in [7, 11) is 4.20. The van der Waals surface area contributed by atoms with Crippen LogP contribution in [-0.2, 0) is 74.8 Å². The van der Waals surface area contributed by atoms with Gasteiger partial charge in [0, 0.05) is 71.5 Å². The number of nitrogens with zero attached hydrogens (tertiary/aromatic N) is 6. The van der Waals surface area contributed by atoms with Crippen LogP contribution < -0.4 is 62.5 Å². The summed E-state index contributed by atoms with van der Waals surface area (Å²) >= 11 is 1.46. The number of carbonyl (C=O) groups excluding carboxylic acids is 6. The van der Waals surface area contributed by atoms with Gasteiger partial charge < -0.3 is 150 Å². The Kier molecular flexibility index (Phi) is 31.0. The molecule has 18 rings (SSSR count). The van der Waals surface area contributed by atoms with Crippen LogP contribution in [-0.4, -0.2) is 266 Å². The quantitative estimate of drug-likeness (QED) is 0.0208. The van der Waals surface area contributed by atoms with E-state index in [1.165, 1.54) is 83.0 Å². The number of carbonyl (C=O) groups is 8. The fourth-order valence-corrected chi connectivity index (χ4v) is 18.7. The highest BCUT2D eigenvalue weighted by Gasteiger charge is 2.58. The lowest BCUT2D eigenvalue weighted by Gasteiger charge is -2.48. The van der Waals surface area contributed by atoms with Crippen LogP contribution in [0.5, 0.6) is 46.0 Å². The van der Waals surface area contributed by atoms with E-state index in [9.17, 15) is 93.5 Å². The Hall–Kier alpha value is -13.6. The van der Waals surface area contributed by atoms with Gasteiger partial charge in [0.25, 0.3) is 5.91 Å². The van der Waals surface area contributed by atoms with Gasteiger partial charge in [0.05, 0.1) is 124 Å². The molecule has 9 aromatic rings. The molecule has 10 heterocycles. The predicted molar refractivity (Wildman–Crippen MR) is 484 cm³/mol. The zero-order chi connectivity index (χ0) is 101. The van der Waals surface area contributed by atoms with Gasteiger partial charge >= 0.3 is 29.7 Å². The monoisotopic (exact) mass is 1980 g/mol. The van der Waals surface area contributed by atoms with E-state index in [2.05, 4.69) is 40.9 Å². The standard InChI is InChI=1S/C32H32O13S.C27H29NO10.C19H20N8O5.C15H22FN3O6/c1-37-19-6-13(7-20(38-2)25(19)33)23-14-8-17-18(42-12-41-17)9-15(14)28(16-10-39-30(36)24(16)23)44-32-27(35)26(34)29-21(43-32)11-40-31(45-29)22-4-3-5-46-22;1-10-22(30)14(28)7-17(37-10)38-16-9-27(35,11(2)29)8-13-19(16)26(34)21-20(24(13)32)23(31)12-5-4-6-15(36-3)18(12)25(21)33;20-15-14-16(27-19(21)26-15)23-8-11(24-14)7-22-10-3-1-9(2-4-10)17(30)25-12(18(31)32)5-6-13(28)29;1-3-4-5-6-24-15(23)18-12-9(16)7-19(14(22)17-12)13-11(21)10(20)8(2)25-13/h3-9,16,21,23-24,26-29,31-35H,10-12H2,1-2H3;4-6,10,14,16-17,22,30,32,34-35H,7-9,28H2,1-3H3;1-4,8,12,22H,5-7H2,(H,25,30)(H,28,29)(H,31,32)(H4,20,21,23,26,27);7-8,10-11,13,20-21H,3-6H2,1-2H3,(H,17,18,22,23)/t16-,21+,23+,24-,26+,27+,28+,29+,31?,32-;10-,14-,16-,17-,22+,27-;;8-,10-,11-,13-/m00.1/s1. The molecule has 9 aliphatic rings. The first-order chi connectivity index (χ1) is 67.3. The molecule has 141 heavy (non-hydrogen) atoms. The number of phenolic OH excluding ortho intramolecular Hbond substituents is 3. The number of thiophene rings is 1. The number of aromatic hydroxyl groups is 3. The molecule has 5 saturated heterocycles. The van der Waals surface area contributed by atoms with E-state index >= 15 is 0 Å². The number of unbranched alkanes of at least 4 members (excludes halogenated alkanes) is 2. The number of fused-ring (bicyclic) bond motifs is 8. The summed E-state index contributed by atoms with van der Waals surface area (Å²) in [4.78, 5) is 131. The van der Waals surface area contributed by atoms with Crippen LogP contribution in [0.3, 0.4) is 0 Å². The number of phenols is 3. The molecule has 48 heteroatoms. The highest BCUT2D eigenvalue weighted by atomic mass is 32.1. The zero-order valence-electron chi connectivity index (χ0n) is 76.5. The average molecular weight is 1980 g/mol. The summed E-state index contributed by atoms with van der Waals surface area (Å²) in [5.74, 6) is -8.78. The Balaban J connectivity index is 0.000000145. The first-order valence-electron chi connectivity index (χ1n) is 44.6. The first kappa shape index (κ1) is 102. The fourth-order valence-electron chi connectivity index (χ4n) is 18.0. The number of ketones is 3. The summed E-state index contributed by atoms with van der Waals surface area (Å²) in [6, 6.07) is 19.4. The third-order valence-electron chi connectivity index (χ3n) is 25.4. The first-order valence-corrected chi connectivity index (χ1v) is 45.5. The number of aliphatic hydroxyl groups is 6. The zero-order valence-corrected chi connectivity index (χ0v) is 77.3. The maximum Gasteiger partial charge on any atom is 0.412 e. The van der Waals surface area contributed by atoms with Crippen molar-refractivity contribution < 1.29 is 165 Å². The van der Waals surface area contributed by atoms with Crippen LogP contribution in [0.1, 0.15) is 184 Å². The molecule has 2 amide bonds. The number of carboxylic acids is 2. The predicted octanol–water partition coefficient (Wildman–Crippen LogP) is 4.79. The second-order valence-corrected chi connectivity index (χ2v) is 35.4. The SMILES string of the molecule is CCCCCOC(=O)Nc1nc(=O)n([C@@H]2O[C@H](C)[C@@H](O)[C@H]2O)cc1F.COc1cc([C@@H]2c3cc4c(cc3[C@@H](O[C@@H]3O[C@@H]5COC(c6cccs6)O[C@H]5[C@H](O)[C@H]3O)[C@H]3COC(=O)[C@H]23)OCO4)cc(OC)c1O.COc1cccc2c1C(=O)c1c(O)c3c(c(O)c1C2=O)C[C@@](O)(C(C)=O)C[C@@H]3O[C@H]1C[C@H](N)[C@H](O)[C@H](C)O1.Nc1nc(N)c2nc(CNc3ccc(C(=O)NC(CCC(=O)O)C(=O)O)cc3)cnc2n1. The number of amides is 2. The summed E-state index contributed by atoms with van der Waals surface area (Å²) in [6.45, 7) is 6.94. The average Bonchev–Trinajstić information content (AvgIpc) is 1.54. The topological polar surface area (TPSA) is 689 Å². The van der Waals surface area contributed by atoms with E-state index in [-0.39, 0.29) is 121 Å². The molecule has 0 saturated carbocycles. The number of nitrogens with one attached hydrogen (secondary N) is 3. The van der Waals surface area contributed by atoms with Gasteiger partial charge in [-0.1, -0.05) is 38.0 Å². The maximum atomic E-state index is 14.1. The van der Waals surface area contributed by atoms with Crippen molar-refractivity contribution in [2.45, 2.75) is 201 Å². The van der Waals surface area contributed by atoms with Gasteiger partial charge in [-0.15, -0.1) is 11.3 Å². The van der Waals surface area contributed by atoms with Crippen LogP contribution in [0.25, 0.3) is 11.2 Å². The minimum Gasteiger partial charge on any atom is -0.507 e. The number of hydrogen-bond donors (Lipinski definition) is 17. The Morgan fingerprint density at radius 2 is 1.45 bits per heavy atom. The number of aromatic nitrogens is 6. The minimum atomic E-state index is -2.00. The molecule has 0 spiro atoms. The Morgan fingerprint density at radius 3 is 2.10 bits per heavy atom. The molecular formula is C93H103FN12O34S. The number of aliphatic carboxylic acids is 2. The number of rotatable bonds is 25. The number of ether oxygens (including phenoxy) is 14. The number of anilines is 4. The summed E-state index contributed by atoms with van der Waals surface area (Å²) in [5, 5.41) is 124. The van der Waals surface area contributed by atoms with Crippen molar-refractivity contribution >= 4 is 93.0 Å². The van der Waals surface area contributed by atoms with Crippen molar-refractivity contribution in [3.8, 4) is 46.0 Å². The second kappa shape index (κ2) is 42.9. The Morgan fingerprint density at radius 1 is 0.745 bits per heavy atom. The fraction of sp³-hybridized carbons (Fsp3) is 0.441. The van der Waals surface area contributed by atoms with Crippen molar-refractivity contribution in [2.24, 2.45) is 17.6 Å². The lowest BCUT2D eigenvalue weighted by Crippen LogP contribution is -2.62. The number of nitrogen functional groups attached to an aromatic ring is 2. The smallest absolute Gasteiger partial charge is 0.412 e. The second-order valence-electron chi connectivity index (χ2n) is 34.4. The van der Waals surface area contributed by atoms with Crippen LogP contribution >= 0.6 is 11.3 Å². The number of esters is 1. The molecular weight excluding hydrogens is 1880 g/mol. The lowest BCUT2D eigenvalue weighted by atomic mass is 9.66. The third-order valence-corrected chi connectivity index (χ3v) is 26.3. The molecule has 6 aliphatic heterocycles. The Labute approximate surface area is 803 Å². The van der Waals surface area contributed by atoms with Gasteiger partial charge in [-0.2, -0.15) is 15.0 Å². The number of methoxy groups -OCH3 is 3. The molecule has 3 aliphatic carbocycles. The van der Waals surface area contributed by atoms with Crippen LogP contribution in [0.2, 0.25) is 0 Å². The van der Waals surface area contributed by atoms with E-state index < -0.39 is 221 Å². The largest absolute Gasteiger partial charge is 0.507 e. The van der Waals surface area contributed by atoms with Crippen molar-refractivity contribution in [1.29, 1.82) is 0 Å². The maximum absolute atomic E-state index is 14.1. The van der Waals surface area contributed by atoms with Gasteiger partial charge in [0.2, 0.25) is 24.3 Å². The molecule has 5 fully saturated rings. The van der Waals surface area contributed by atoms with Gasteiger partial charge in [-0.3, -0.25) is 38.7 Å². The van der Waals surface area contributed by atoms with Crippen molar-refractivity contribution in [2.75, 3.05) is 70.0 Å². The van der Waals surface area contributed by atoms with E-state index in [0.717, 1.165) is 28.5 Å². The number of nitrogens with two attached hydrogens (primary N) is 3. The van der Waals surface area contributed by atoms with Crippen molar-refractivity contribution in [1.82, 2.24) is 34.8 Å². The van der Waals surface area contributed by atoms with E-state index in [0.29, 0.717) is 58.1 Å². The van der Waals surface area contributed by atoms with Crippen LogP contribution in [0.4, 0.5) is 32.5 Å². The number of carboxylic acid groups (broad SMARTS) is 2. The minimum absolute atomic E-state index is 0.0101. The Bertz CT molecular complexity index is 6270. The van der Waals surface area contributed by atoms with Gasteiger partial charge in [0.15, 0.2) is 88.3 Å². The summed E-state index contributed by atoms with van der Waals surface area (Å²) in [5.41, 5.74) is 17.5. The molecule has 21 atom stereocenters. The molecule has 2 unspecified atom stereocenters. The summed E-state index contributed by atoms with van der Waals surface area (Å²) in [6.07, 6.45) is -13.0. The number of Topliss-reactive ketones (excluding diaryl/α,β-unsaturated/α-hetero) is 1. The number of benzene rings is 5. The number of aliphatic hydroxyl groups excluding tert-OH is 5. The van der Waals surface area contributed by atoms with Crippen LogP contribution in [0, 0.1) is 17.7 Å². The van der Waals surface area contributed by atoms with Crippen LogP contribution in [0.15, 0.2) is 101 Å². The highest BCUT2D eigenvalue weighted by molar-refractivity contribution is 7.10. The van der Waals surface area contributed by atoms with E-state index in [1.807, 2.05) is 30.5 Å². The van der Waals surface area contributed by atoms with E-state index in [1.54, 1.807) is 37.3 Å². The van der Waals surface area contributed by atoms with E-state index in [4.69, 9.17) is 93.7 Å². The normalized spacial score (nSPS) is 26.6. The number of hydrogen-bond acceptors (Lipinski definition) is 42. The molecule has 0 bridgehead atoms. The molecule has 0 radical (unpaired) electrons. The lowest BCUT2D eigenvalue weighted by molar-refractivity contribution is -0.368. The third kappa shape index (κ3) is 21.1. The summed E-state index contributed by atoms with van der Waals surface area (Å²) < 4.78 is 94.6. The number of cyclic esters (lactones) is 1. The van der Waals surface area contributed by atoms with Gasteiger partial charge in [0.1, 0.15) is 65.5 Å². The highest BCUT2D eigenvalue weighted by Crippen LogP contribution is 2.59. The number of halogens is 1. The van der Waals surface area contributed by atoms with Crippen molar-refractivity contribution in [3.05, 3.63) is 179 Å². The molecule has 5 aromatic carbocycles. The van der Waals surface area contributed by atoms with Gasteiger partial charge in [-0.25, -0.2) is 28.7 Å². The molecule has 46 nitrogen and oxygen atoms in total. The molecule has 20 N–H and O–H groups in total.